The molecule has 0 saturated carbocycles. The highest BCUT2D eigenvalue weighted by atomic mass is 32.2. The standard InChI is InChI=1S/C13H24N4O2S/c1-9(2)12-6-5-7-17(12)20(18,19)13-11(8-14-4)10(3)15-16-13/h9,12,14H,5-8H2,1-4H3,(H,15,16). The van der Waals surface area contributed by atoms with Crippen LogP contribution in [0.3, 0.4) is 0 Å². The fourth-order valence-electron chi connectivity index (χ4n) is 2.87. The van der Waals surface area contributed by atoms with Crippen LogP contribution < -0.4 is 5.32 Å². The summed E-state index contributed by atoms with van der Waals surface area (Å²) >= 11 is 0. The third-order valence-electron chi connectivity index (χ3n) is 3.96. The maximum absolute atomic E-state index is 12.9. The summed E-state index contributed by atoms with van der Waals surface area (Å²) in [4.78, 5) is 0. The van der Waals surface area contributed by atoms with Crippen LogP contribution in [-0.4, -0.2) is 42.6 Å². The topological polar surface area (TPSA) is 78.1 Å². The van der Waals surface area contributed by atoms with Crippen molar-refractivity contribution < 1.29 is 8.42 Å². The van der Waals surface area contributed by atoms with E-state index in [-0.39, 0.29) is 11.1 Å². The number of nitrogens with zero attached hydrogens (tertiary/aromatic N) is 2. The van der Waals surface area contributed by atoms with Gasteiger partial charge in [-0.15, -0.1) is 0 Å². The average molecular weight is 300 g/mol. The molecule has 114 valence electrons. The maximum Gasteiger partial charge on any atom is 0.262 e. The minimum Gasteiger partial charge on any atom is -0.316 e. The highest BCUT2D eigenvalue weighted by Crippen LogP contribution is 2.31. The fraction of sp³-hybridized carbons (Fsp3) is 0.769. The van der Waals surface area contributed by atoms with E-state index < -0.39 is 10.0 Å². The Morgan fingerprint density at radius 1 is 1.50 bits per heavy atom. The van der Waals surface area contributed by atoms with Crippen molar-refractivity contribution >= 4 is 10.0 Å². The van der Waals surface area contributed by atoms with Crippen molar-refractivity contribution in [3.05, 3.63) is 11.3 Å². The van der Waals surface area contributed by atoms with Crippen molar-refractivity contribution in [3.63, 3.8) is 0 Å². The van der Waals surface area contributed by atoms with Gasteiger partial charge in [0.25, 0.3) is 10.0 Å². The molecule has 1 aliphatic heterocycles. The average Bonchev–Trinajstić information content (AvgIpc) is 2.98. The summed E-state index contributed by atoms with van der Waals surface area (Å²) in [5.41, 5.74) is 1.54. The zero-order valence-corrected chi connectivity index (χ0v) is 13.4. The van der Waals surface area contributed by atoms with Crippen molar-refractivity contribution in [2.75, 3.05) is 13.6 Å². The van der Waals surface area contributed by atoms with Crippen LogP contribution in [0.25, 0.3) is 0 Å². The van der Waals surface area contributed by atoms with Crippen LogP contribution in [0.4, 0.5) is 0 Å². The van der Waals surface area contributed by atoms with Gasteiger partial charge >= 0.3 is 0 Å². The largest absolute Gasteiger partial charge is 0.316 e. The van der Waals surface area contributed by atoms with E-state index in [2.05, 4.69) is 29.4 Å². The number of aromatic nitrogens is 2. The van der Waals surface area contributed by atoms with Crippen LogP contribution in [0.1, 0.15) is 37.9 Å². The molecule has 6 nitrogen and oxygen atoms in total. The third kappa shape index (κ3) is 2.62. The number of hydrogen-bond acceptors (Lipinski definition) is 4. The van der Waals surface area contributed by atoms with Crippen molar-refractivity contribution in [1.82, 2.24) is 19.8 Å². The Kier molecular flexibility index (Phi) is 4.51. The van der Waals surface area contributed by atoms with Crippen molar-refractivity contribution in [3.8, 4) is 0 Å². The molecule has 1 aliphatic rings. The normalized spacial score (nSPS) is 20.9. The van der Waals surface area contributed by atoms with Crippen LogP contribution in [0, 0.1) is 12.8 Å². The maximum atomic E-state index is 12.9. The second-order valence-corrected chi connectivity index (χ2v) is 7.54. The molecule has 1 unspecified atom stereocenters. The van der Waals surface area contributed by atoms with Crippen molar-refractivity contribution in [2.45, 2.75) is 51.2 Å². The van der Waals surface area contributed by atoms with Crippen LogP contribution >= 0.6 is 0 Å². The molecule has 0 radical (unpaired) electrons. The predicted molar refractivity (Wildman–Crippen MR) is 77.8 cm³/mol. The zero-order valence-electron chi connectivity index (χ0n) is 12.6. The van der Waals surface area contributed by atoms with E-state index in [1.807, 2.05) is 6.92 Å². The first kappa shape index (κ1) is 15.5. The van der Waals surface area contributed by atoms with Crippen LogP contribution in [0.2, 0.25) is 0 Å². The molecule has 0 aromatic carbocycles. The number of sulfonamides is 1. The molecule has 0 spiro atoms. The van der Waals surface area contributed by atoms with Gasteiger partial charge in [0.15, 0.2) is 5.03 Å². The second kappa shape index (κ2) is 5.83. The summed E-state index contributed by atoms with van der Waals surface area (Å²) in [5.74, 6) is 0.320. The Morgan fingerprint density at radius 2 is 2.20 bits per heavy atom. The number of rotatable bonds is 5. The van der Waals surface area contributed by atoms with E-state index in [1.165, 1.54) is 0 Å². The smallest absolute Gasteiger partial charge is 0.262 e. The highest BCUT2D eigenvalue weighted by molar-refractivity contribution is 7.89. The monoisotopic (exact) mass is 300 g/mol. The zero-order chi connectivity index (χ0) is 14.9. The number of aryl methyl sites for hydroxylation is 1. The molecule has 20 heavy (non-hydrogen) atoms. The van der Waals surface area contributed by atoms with Gasteiger partial charge in [0.2, 0.25) is 0 Å². The van der Waals surface area contributed by atoms with Gasteiger partial charge in [0, 0.05) is 30.4 Å². The first-order valence-electron chi connectivity index (χ1n) is 7.10. The Hall–Kier alpha value is -0.920. The van der Waals surface area contributed by atoms with Gasteiger partial charge < -0.3 is 5.32 Å². The Morgan fingerprint density at radius 3 is 2.80 bits per heavy atom. The lowest BCUT2D eigenvalue weighted by molar-refractivity contribution is 0.314. The summed E-state index contributed by atoms with van der Waals surface area (Å²) in [7, 11) is -1.71. The highest BCUT2D eigenvalue weighted by Gasteiger charge is 2.39. The van der Waals surface area contributed by atoms with Gasteiger partial charge in [-0.05, 0) is 32.7 Å². The third-order valence-corrected chi connectivity index (χ3v) is 5.86. The molecule has 2 heterocycles. The van der Waals surface area contributed by atoms with E-state index >= 15 is 0 Å². The number of H-pyrrole nitrogens is 1. The lowest BCUT2D eigenvalue weighted by atomic mass is 10.0. The molecule has 7 heteroatoms. The molecule has 0 aliphatic carbocycles. The van der Waals surface area contributed by atoms with Gasteiger partial charge in [-0.2, -0.15) is 9.40 Å². The molecule has 1 atom stereocenters. The summed E-state index contributed by atoms with van der Waals surface area (Å²) in [6.07, 6.45) is 1.86. The van der Waals surface area contributed by atoms with Crippen LogP contribution in [-0.2, 0) is 16.6 Å². The first-order valence-corrected chi connectivity index (χ1v) is 8.54. The molecule has 1 aromatic heterocycles. The minimum atomic E-state index is -3.51. The molecule has 0 amide bonds. The van der Waals surface area contributed by atoms with Crippen molar-refractivity contribution in [1.29, 1.82) is 0 Å². The van der Waals surface area contributed by atoms with E-state index in [9.17, 15) is 8.42 Å². The predicted octanol–water partition coefficient (Wildman–Crippen LogP) is 1.25. The Balaban J connectivity index is 2.40. The molecule has 1 aromatic rings. The fourth-order valence-corrected chi connectivity index (χ4v) is 4.86. The second-order valence-electron chi connectivity index (χ2n) is 5.73. The lowest BCUT2D eigenvalue weighted by Gasteiger charge is -2.26. The molecule has 2 N–H and O–H groups in total. The van der Waals surface area contributed by atoms with E-state index in [4.69, 9.17) is 0 Å². The van der Waals surface area contributed by atoms with E-state index in [0.29, 0.717) is 19.0 Å². The minimum absolute atomic E-state index is 0.0828. The summed E-state index contributed by atoms with van der Waals surface area (Å²) in [6, 6.07) is 0.0828. The quantitative estimate of drug-likeness (QED) is 0.858. The molecule has 1 fully saturated rings. The molecular weight excluding hydrogens is 276 g/mol. The molecule has 2 rings (SSSR count). The summed E-state index contributed by atoms with van der Waals surface area (Å²) in [5, 5.41) is 10.0. The number of nitrogens with one attached hydrogen (secondary N) is 2. The van der Waals surface area contributed by atoms with Gasteiger partial charge in [-0.3, -0.25) is 5.10 Å². The lowest BCUT2D eigenvalue weighted by Crippen LogP contribution is -2.39. The van der Waals surface area contributed by atoms with Gasteiger partial charge in [0.1, 0.15) is 0 Å². The van der Waals surface area contributed by atoms with E-state index in [1.54, 1.807) is 11.4 Å². The van der Waals surface area contributed by atoms with Crippen LogP contribution in [0.5, 0.6) is 0 Å². The molecule has 0 bridgehead atoms. The summed E-state index contributed by atoms with van der Waals surface area (Å²) in [6.45, 7) is 7.08. The summed E-state index contributed by atoms with van der Waals surface area (Å²) < 4.78 is 27.4. The van der Waals surface area contributed by atoms with Crippen LogP contribution in [0.15, 0.2) is 5.03 Å². The van der Waals surface area contributed by atoms with Crippen molar-refractivity contribution in [2.24, 2.45) is 5.92 Å². The Bertz CT molecular complexity index is 565. The van der Waals surface area contributed by atoms with Gasteiger partial charge in [-0.25, -0.2) is 8.42 Å². The van der Waals surface area contributed by atoms with E-state index in [0.717, 1.165) is 24.1 Å². The number of hydrogen-bond donors (Lipinski definition) is 2. The van der Waals surface area contributed by atoms with Gasteiger partial charge in [0.05, 0.1) is 0 Å². The molecular formula is C13H24N4O2S. The Labute approximate surface area is 121 Å². The molecule has 1 saturated heterocycles. The number of aromatic amines is 1. The van der Waals surface area contributed by atoms with Gasteiger partial charge in [-0.1, -0.05) is 13.8 Å². The first-order chi connectivity index (χ1) is 9.39. The SMILES string of the molecule is CNCc1c(S(=O)(=O)N2CCCC2C(C)C)n[nH]c1C.